The molecule has 0 bridgehead atoms. The van der Waals surface area contributed by atoms with Gasteiger partial charge in [-0.05, 0) is 54.8 Å². The van der Waals surface area contributed by atoms with Crippen LogP contribution in [0.3, 0.4) is 0 Å². The molecule has 0 unspecified atom stereocenters. The summed E-state index contributed by atoms with van der Waals surface area (Å²) in [5.41, 5.74) is 1.06. The molecule has 182 valence electrons. The van der Waals surface area contributed by atoms with Crippen molar-refractivity contribution in [2.45, 2.75) is 37.8 Å². The minimum Gasteiger partial charge on any atom is -0.497 e. The number of hydrogen-bond acceptors (Lipinski definition) is 6. The summed E-state index contributed by atoms with van der Waals surface area (Å²) in [6, 6.07) is 12.5. The Kier molecular flexibility index (Phi) is 7.77. The largest absolute Gasteiger partial charge is 0.497 e. The Morgan fingerprint density at radius 2 is 1.89 bits per heavy atom. The second-order valence-corrected chi connectivity index (χ2v) is 8.30. The van der Waals surface area contributed by atoms with E-state index >= 15 is 0 Å². The molecule has 1 saturated carbocycles. The molecule has 2 N–H and O–H groups in total. The highest BCUT2D eigenvalue weighted by atomic mass is 16.5. The van der Waals surface area contributed by atoms with E-state index in [0.29, 0.717) is 17.0 Å². The van der Waals surface area contributed by atoms with Crippen molar-refractivity contribution in [3.8, 4) is 5.75 Å². The first-order valence-electron chi connectivity index (χ1n) is 11.5. The smallest absolute Gasteiger partial charge is 0.287 e. The predicted molar refractivity (Wildman–Crippen MR) is 129 cm³/mol. The van der Waals surface area contributed by atoms with E-state index in [4.69, 9.17) is 9.15 Å². The molecule has 2 heterocycles. The number of pyridine rings is 1. The van der Waals surface area contributed by atoms with E-state index < -0.39 is 17.9 Å². The maximum absolute atomic E-state index is 13.6. The third kappa shape index (κ3) is 5.87. The van der Waals surface area contributed by atoms with Crippen molar-refractivity contribution < 1.29 is 23.5 Å². The fraction of sp³-hybridized carbons (Fsp3) is 0.308. The molecule has 1 aliphatic carbocycles. The van der Waals surface area contributed by atoms with E-state index in [0.717, 1.165) is 25.7 Å². The fourth-order valence-electron chi connectivity index (χ4n) is 4.25. The fourth-order valence-corrected chi connectivity index (χ4v) is 4.25. The molecule has 3 aromatic rings. The maximum atomic E-state index is 13.6. The lowest BCUT2D eigenvalue weighted by Crippen LogP contribution is -2.49. The van der Waals surface area contributed by atoms with Crippen LogP contribution in [-0.2, 0) is 9.59 Å². The molecule has 2 aromatic heterocycles. The number of carbonyl (C=O) groups is 3. The maximum Gasteiger partial charge on any atom is 0.287 e. The molecule has 1 aliphatic rings. The number of hydrogen-bond donors (Lipinski definition) is 2. The normalized spacial score (nSPS) is 14.2. The number of nitrogens with zero attached hydrogens (tertiary/aromatic N) is 2. The van der Waals surface area contributed by atoms with Gasteiger partial charge in [-0.15, -0.1) is 0 Å². The van der Waals surface area contributed by atoms with Gasteiger partial charge in [0.15, 0.2) is 5.76 Å². The number of furan rings is 1. The Balaban J connectivity index is 1.68. The van der Waals surface area contributed by atoms with E-state index in [2.05, 4.69) is 15.6 Å². The van der Waals surface area contributed by atoms with Gasteiger partial charge in [-0.3, -0.25) is 24.3 Å². The predicted octanol–water partition coefficient (Wildman–Crippen LogP) is 3.25. The van der Waals surface area contributed by atoms with Gasteiger partial charge in [0, 0.05) is 30.2 Å². The van der Waals surface area contributed by atoms with Crippen molar-refractivity contribution in [2.75, 3.05) is 18.6 Å². The third-order valence-corrected chi connectivity index (χ3v) is 5.98. The summed E-state index contributed by atoms with van der Waals surface area (Å²) in [6.45, 7) is -0.338. The Morgan fingerprint density at radius 1 is 1.11 bits per heavy atom. The van der Waals surface area contributed by atoms with E-state index in [-0.39, 0.29) is 24.3 Å². The van der Waals surface area contributed by atoms with Crippen molar-refractivity contribution in [1.82, 2.24) is 15.6 Å². The van der Waals surface area contributed by atoms with Crippen LogP contribution >= 0.6 is 0 Å². The number of nitrogens with one attached hydrogen (secondary N) is 2. The lowest BCUT2D eigenvalue weighted by molar-refractivity contribution is -0.126. The van der Waals surface area contributed by atoms with E-state index in [1.807, 2.05) is 0 Å². The molecule has 0 spiro atoms. The second-order valence-electron chi connectivity index (χ2n) is 8.30. The Hall–Kier alpha value is -4.14. The second kappa shape index (κ2) is 11.3. The molecule has 1 fully saturated rings. The van der Waals surface area contributed by atoms with Gasteiger partial charge in [-0.2, -0.15) is 0 Å². The van der Waals surface area contributed by atoms with E-state index in [1.54, 1.807) is 54.9 Å². The summed E-state index contributed by atoms with van der Waals surface area (Å²) in [6.07, 6.45) is 8.47. The number of rotatable bonds is 9. The Morgan fingerprint density at radius 3 is 2.57 bits per heavy atom. The number of ether oxygens (including phenoxy) is 1. The topological polar surface area (TPSA) is 114 Å². The first kappa shape index (κ1) is 24.0. The highest BCUT2D eigenvalue weighted by molar-refractivity contribution is 6.04. The highest BCUT2D eigenvalue weighted by Gasteiger charge is 2.34. The number of carbonyl (C=O) groups excluding carboxylic acids is 3. The first-order valence-corrected chi connectivity index (χ1v) is 11.5. The number of aromatic nitrogens is 1. The number of benzene rings is 1. The SMILES string of the molecule is COc1cccc(N(C(=O)CNC(=O)c2ccco2)[C@H](C(=O)NC2CCCC2)c2ccncc2)c1. The molecule has 9 heteroatoms. The molecule has 4 rings (SSSR count). The summed E-state index contributed by atoms with van der Waals surface area (Å²) >= 11 is 0. The van der Waals surface area contributed by atoms with Crippen LogP contribution in [0.1, 0.15) is 47.8 Å². The van der Waals surface area contributed by atoms with Crippen LogP contribution in [0.25, 0.3) is 0 Å². The molecule has 0 aliphatic heterocycles. The van der Waals surface area contributed by atoms with Crippen LogP contribution in [0.5, 0.6) is 5.75 Å². The summed E-state index contributed by atoms with van der Waals surface area (Å²) < 4.78 is 10.5. The van der Waals surface area contributed by atoms with Crippen molar-refractivity contribution >= 4 is 23.4 Å². The summed E-state index contributed by atoms with van der Waals surface area (Å²) in [4.78, 5) is 45.1. The van der Waals surface area contributed by atoms with Gasteiger partial charge in [-0.1, -0.05) is 18.9 Å². The van der Waals surface area contributed by atoms with Gasteiger partial charge in [0.1, 0.15) is 11.8 Å². The number of anilines is 1. The van der Waals surface area contributed by atoms with Crippen LogP contribution in [0.4, 0.5) is 5.69 Å². The first-order chi connectivity index (χ1) is 17.1. The minimum atomic E-state index is -0.973. The average molecular weight is 477 g/mol. The van der Waals surface area contributed by atoms with Crippen LogP contribution in [0, 0.1) is 0 Å². The third-order valence-electron chi connectivity index (χ3n) is 5.98. The van der Waals surface area contributed by atoms with Crippen molar-refractivity contribution in [3.05, 3.63) is 78.5 Å². The van der Waals surface area contributed by atoms with Crippen molar-refractivity contribution in [3.63, 3.8) is 0 Å². The van der Waals surface area contributed by atoms with E-state index in [9.17, 15) is 14.4 Å². The van der Waals surface area contributed by atoms with Gasteiger partial charge in [-0.25, -0.2) is 0 Å². The molecule has 0 saturated heterocycles. The van der Waals surface area contributed by atoms with Gasteiger partial charge < -0.3 is 19.8 Å². The molecule has 35 heavy (non-hydrogen) atoms. The Bertz CT molecular complexity index is 1140. The minimum absolute atomic E-state index is 0.0627. The summed E-state index contributed by atoms with van der Waals surface area (Å²) in [5.74, 6) is -0.664. The monoisotopic (exact) mass is 476 g/mol. The zero-order chi connectivity index (χ0) is 24.6. The molecular formula is C26H28N4O5. The van der Waals surface area contributed by atoms with Crippen LogP contribution in [0.2, 0.25) is 0 Å². The van der Waals surface area contributed by atoms with Gasteiger partial charge in [0.05, 0.1) is 19.9 Å². The molecule has 1 atom stereocenters. The van der Waals surface area contributed by atoms with Gasteiger partial charge >= 0.3 is 0 Å². The quantitative estimate of drug-likeness (QED) is 0.490. The molecule has 0 radical (unpaired) electrons. The average Bonchev–Trinajstić information content (AvgIpc) is 3.61. The van der Waals surface area contributed by atoms with Crippen LogP contribution < -0.4 is 20.3 Å². The zero-order valence-corrected chi connectivity index (χ0v) is 19.5. The molecule has 9 nitrogen and oxygen atoms in total. The highest BCUT2D eigenvalue weighted by Crippen LogP contribution is 2.31. The van der Waals surface area contributed by atoms with Crippen LogP contribution in [-0.4, -0.2) is 42.4 Å². The van der Waals surface area contributed by atoms with Crippen molar-refractivity contribution in [2.24, 2.45) is 0 Å². The van der Waals surface area contributed by atoms with Crippen LogP contribution in [0.15, 0.2) is 71.6 Å². The molecule has 1 aromatic carbocycles. The van der Waals surface area contributed by atoms with Gasteiger partial charge in [0.2, 0.25) is 11.8 Å². The summed E-state index contributed by atoms with van der Waals surface area (Å²) in [5, 5.41) is 5.69. The Labute approximate surface area is 203 Å². The zero-order valence-electron chi connectivity index (χ0n) is 19.5. The molecule has 3 amide bonds. The number of amides is 3. The lowest BCUT2D eigenvalue weighted by atomic mass is 10.0. The standard InChI is InChI=1S/C26H28N4O5/c1-34-21-9-4-8-20(16-21)30(23(31)17-28-25(32)22-10-5-15-35-22)24(18-11-13-27-14-12-18)26(33)29-19-6-2-3-7-19/h4-5,8-16,19,24H,2-3,6-7,17H2,1H3,(H,28,32)(H,29,33)/t24-/m0/s1. The summed E-state index contributed by atoms with van der Waals surface area (Å²) in [7, 11) is 1.53. The van der Waals surface area contributed by atoms with E-state index in [1.165, 1.54) is 24.3 Å². The lowest BCUT2D eigenvalue weighted by Gasteiger charge is -2.32. The van der Waals surface area contributed by atoms with Gasteiger partial charge in [0.25, 0.3) is 5.91 Å². The molecular weight excluding hydrogens is 448 g/mol. The number of methoxy groups -OCH3 is 1. The van der Waals surface area contributed by atoms with Crippen molar-refractivity contribution in [1.29, 1.82) is 0 Å².